The monoisotopic (exact) mass is 330 g/mol. The zero-order chi connectivity index (χ0) is 16.5. The lowest BCUT2D eigenvalue weighted by Gasteiger charge is -2.36. The molecule has 128 valence electrons. The van der Waals surface area contributed by atoms with E-state index in [-0.39, 0.29) is 11.9 Å². The second kappa shape index (κ2) is 6.53. The molecule has 0 unspecified atom stereocenters. The number of halogens is 1. The molecule has 0 amide bonds. The van der Waals surface area contributed by atoms with Gasteiger partial charge in [0.1, 0.15) is 17.7 Å². The molecule has 3 heterocycles. The first-order chi connectivity index (χ1) is 11.7. The Labute approximate surface area is 141 Å². The number of piperazine rings is 1. The minimum atomic E-state index is -0.245. The van der Waals surface area contributed by atoms with E-state index in [1.165, 1.54) is 17.7 Å². The number of aryl methyl sites for hydroxylation is 1. The minimum absolute atomic E-state index is 0.148. The standard InChI is InChI=1S/C18H23FN4O/c1-21-10-14(9-20-21)11-22-5-6-23-13-18(8-16(23)12-22)24-17-4-2-3-15(19)7-17/h2-4,7,9-10,16,18H,5-6,8,11-13H2,1H3/t16-,18+/m0/s1. The van der Waals surface area contributed by atoms with Crippen LogP contribution in [0.15, 0.2) is 36.7 Å². The first kappa shape index (κ1) is 15.6. The second-order valence-electron chi connectivity index (χ2n) is 6.84. The lowest BCUT2D eigenvalue weighted by Crippen LogP contribution is -2.49. The summed E-state index contributed by atoms with van der Waals surface area (Å²) in [5, 5.41) is 4.24. The van der Waals surface area contributed by atoms with Crippen molar-refractivity contribution in [3.63, 3.8) is 0 Å². The molecule has 1 aromatic heterocycles. The molecule has 2 aliphatic heterocycles. The Hall–Kier alpha value is -1.92. The molecule has 2 saturated heterocycles. The minimum Gasteiger partial charge on any atom is -0.489 e. The van der Waals surface area contributed by atoms with Gasteiger partial charge in [0.2, 0.25) is 0 Å². The molecule has 6 heteroatoms. The smallest absolute Gasteiger partial charge is 0.126 e. The summed E-state index contributed by atoms with van der Waals surface area (Å²) in [6, 6.07) is 6.96. The zero-order valence-corrected chi connectivity index (χ0v) is 13.9. The van der Waals surface area contributed by atoms with Crippen LogP contribution in [0.2, 0.25) is 0 Å². The van der Waals surface area contributed by atoms with Crippen LogP contribution in [0.25, 0.3) is 0 Å². The summed E-state index contributed by atoms with van der Waals surface area (Å²) < 4.78 is 21.1. The van der Waals surface area contributed by atoms with Crippen molar-refractivity contribution in [1.29, 1.82) is 0 Å². The Balaban J connectivity index is 1.33. The fourth-order valence-electron chi connectivity index (χ4n) is 3.83. The van der Waals surface area contributed by atoms with Gasteiger partial charge in [0, 0.05) is 70.1 Å². The number of hydrogen-bond acceptors (Lipinski definition) is 4. The number of hydrogen-bond donors (Lipinski definition) is 0. The quantitative estimate of drug-likeness (QED) is 0.857. The van der Waals surface area contributed by atoms with Gasteiger partial charge in [0.25, 0.3) is 0 Å². The van der Waals surface area contributed by atoms with Gasteiger partial charge in [0.05, 0.1) is 6.20 Å². The average Bonchev–Trinajstić information content (AvgIpc) is 3.12. The zero-order valence-electron chi connectivity index (χ0n) is 13.9. The van der Waals surface area contributed by atoms with Crippen LogP contribution in [-0.4, -0.2) is 57.9 Å². The first-order valence-electron chi connectivity index (χ1n) is 8.52. The van der Waals surface area contributed by atoms with Crippen LogP contribution in [0.3, 0.4) is 0 Å². The lowest BCUT2D eigenvalue weighted by atomic mass is 10.1. The van der Waals surface area contributed by atoms with Crippen LogP contribution in [0.4, 0.5) is 4.39 Å². The van der Waals surface area contributed by atoms with Crippen molar-refractivity contribution in [2.24, 2.45) is 7.05 Å². The maximum Gasteiger partial charge on any atom is 0.126 e. The van der Waals surface area contributed by atoms with Gasteiger partial charge in [-0.3, -0.25) is 14.5 Å². The molecule has 0 spiro atoms. The van der Waals surface area contributed by atoms with Gasteiger partial charge in [-0.2, -0.15) is 5.10 Å². The predicted molar refractivity (Wildman–Crippen MR) is 89.3 cm³/mol. The Morgan fingerprint density at radius 3 is 3.00 bits per heavy atom. The first-order valence-corrected chi connectivity index (χ1v) is 8.52. The SMILES string of the molecule is Cn1cc(CN2CCN3C[C@H](Oc4cccc(F)c4)C[C@H]3C2)cn1. The summed E-state index contributed by atoms with van der Waals surface area (Å²) in [5.74, 6) is 0.387. The molecule has 2 aromatic rings. The van der Waals surface area contributed by atoms with Gasteiger partial charge in [-0.05, 0) is 12.1 Å². The highest BCUT2D eigenvalue weighted by molar-refractivity contribution is 5.23. The van der Waals surface area contributed by atoms with Gasteiger partial charge >= 0.3 is 0 Å². The van der Waals surface area contributed by atoms with Crippen LogP contribution in [0, 0.1) is 5.82 Å². The summed E-state index contributed by atoms with van der Waals surface area (Å²) in [7, 11) is 1.95. The molecule has 4 rings (SSSR count). The maximum absolute atomic E-state index is 13.3. The van der Waals surface area contributed by atoms with E-state index in [1.54, 1.807) is 6.07 Å². The maximum atomic E-state index is 13.3. The second-order valence-corrected chi connectivity index (χ2v) is 6.84. The molecule has 2 atom stereocenters. The summed E-state index contributed by atoms with van der Waals surface area (Å²) in [4.78, 5) is 4.99. The molecule has 0 N–H and O–H groups in total. The highest BCUT2D eigenvalue weighted by Crippen LogP contribution is 2.26. The van der Waals surface area contributed by atoms with Crippen molar-refractivity contribution in [1.82, 2.24) is 19.6 Å². The third kappa shape index (κ3) is 3.44. The number of benzene rings is 1. The molecular weight excluding hydrogens is 307 g/mol. The van der Waals surface area contributed by atoms with Gasteiger partial charge in [-0.15, -0.1) is 0 Å². The van der Waals surface area contributed by atoms with Crippen molar-refractivity contribution >= 4 is 0 Å². The molecule has 5 nitrogen and oxygen atoms in total. The lowest BCUT2D eigenvalue weighted by molar-refractivity contribution is 0.0978. The predicted octanol–water partition coefficient (Wildman–Crippen LogP) is 1.90. The van der Waals surface area contributed by atoms with Gasteiger partial charge in [0.15, 0.2) is 0 Å². The van der Waals surface area contributed by atoms with Crippen LogP contribution in [-0.2, 0) is 13.6 Å². The van der Waals surface area contributed by atoms with E-state index in [2.05, 4.69) is 21.1 Å². The Kier molecular flexibility index (Phi) is 4.24. The van der Waals surface area contributed by atoms with Gasteiger partial charge in [-0.25, -0.2) is 4.39 Å². The number of fused-ring (bicyclic) bond motifs is 1. The van der Waals surface area contributed by atoms with Gasteiger partial charge in [-0.1, -0.05) is 6.07 Å². The topological polar surface area (TPSA) is 33.5 Å². The van der Waals surface area contributed by atoms with Crippen molar-refractivity contribution in [3.05, 3.63) is 48.0 Å². The number of ether oxygens (including phenoxy) is 1. The number of nitrogens with zero attached hydrogens (tertiary/aromatic N) is 4. The molecular formula is C18H23FN4O. The normalized spacial score (nSPS) is 24.9. The summed E-state index contributed by atoms with van der Waals surface area (Å²) >= 11 is 0. The third-order valence-corrected chi connectivity index (χ3v) is 4.93. The summed E-state index contributed by atoms with van der Waals surface area (Å²) in [6.45, 7) is 5.07. The third-order valence-electron chi connectivity index (χ3n) is 4.93. The fraction of sp³-hybridized carbons (Fsp3) is 0.500. The molecule has 0 bridgehead atoms. The van der Waals surface area contributed by atoms with Crippen LogP contribution in [0.5, 0.6) is 5.75 Å². The Morgan fingerprint density at radius 1 is 1.29 bits per heavy atom. The van der Waals surface area contributed by atoms with E-state index in [0.29, 0.717) is 11.8 Å². The van der Waals surface area contributed by atoms with Crippen molar-refractivity contribution < 1.29 is 9.13 Å². The highest BCUT2D eigenvalue weighted by atomic mass is 19.1. The van der Waals surface area contributed by atoms with Gasteiger partial charge < -0.3 is 4.74 Å². The van der Waals surface area contributed by atoms with Crippen LogP contribution >= 0.6 is 0 Å². The van der Waals surface area contributed by atoms with Crippen molar-refractivity contribution in [2.75, 3.05) is 26.2 Å². The molecule has 2 fully saturated rings. The molecule has 24 heavy (non-hydrogen) atoms. The summed E-state index contributed by atoms with van der Waals surface area (Å²) in [5.41, 5.74) is 1.26. The molecule has 0 saturated carbocycles. The largest absolute Gasteiger partial charge is 0.489 e. The molecule has 2 aliphatic rings. The average molecular weight is 330 g/mol. The molecule has 0 aliphatic carbocycles. The van der Waals surface area contributed by atoms with E-state index in [1.807, 2.05) is 24.0 Å². The summed E-state index contributed by atoms with van der Waals surface area (Å²) in [6.07, 6.45) is 5.17. The fourth-order valence-corrected chi connectivity index (χ4v) is 3.83. The van der Waals surface area contributed by atoms with Crippen molar-refractivity contribution in [3.8, 4) is 5.75 Å². The van der Waals surface area contributed by atoms with E-state index >= 15 is 0 Å². The van der Waals surface area contributed by atoms with Crippen molar-refractivity contribution in [2.45, 2.75) is 25.1 Å². The van der Waals surface area contributed by atoms with E-state index in [9.17, 15) is 4.39 Å². The number of aromatic nitrogens is 2. The highest BCUT2D eigenvalue weighted by Gasteiger charge is 2.37. The van der Waals surface area contributed by atoms with E-state index < -0.39 is 0 Å². The molecule has 1 aromatic carbocycles. The van der Waals surface area contributed by atoms with E-state index in [0.717, 1.165) is 39.1 Å². The van der Waals surface area contributed by atoms with Crippen LogP contribution < -0.4 is 4.74 Å². The number of rotatable bonds is 4. The Morgan fingerprint density at radius 2 is 2.21 bits per heavy atom. The van der Waals surface area contributed by atoms with Crippen LogP contribution in [0.1, 0.15) is 12.0 Å². The molecule has 0 radical (unpaired) electrons. The Bertz CT molecular complexity index is 704. The van der Waals surface area contributed by atoms with E-state index in [4.69, 9.17) is 4.74 Å².